The first-order valence-corrected chi connectivity index (χ1v) is 3.70. The number of hydrogen-bond donors (Lipinski definition) is 2. The van der Waals surface area contributed by atoms with Crippen LogP contribution in [0.2, 0.25) is 0 Å². The van der Waals surface area contributed by atoms with Crippen molar-refractivity contribution >= 4 is 0 Å². The highest BCUT2D eigenvalue weighted by molar-refractivity contribution is 5.19. The van der Waals surface area contributed by atoms with Crippen molar-refractivity contribution in [2.24, 2.45) is 5.73 Å². The summed E-state index contributed by atoms with van der Waals surface area (Å²) in [4.78, 5) is 0. The van der Waals surface area contributed by atoms with Crippen LogP contribution < -0.4 is 11.1 Å². The zero-order valence-corrected chi connectivity index (χ0v) is 6.30. The first-order valence-electron chi connectivity index (χ1n) is 3.70. The van der Waals surface area contributed by atoms with E-state index in [0.717, 1.165) is 6.42 Å². The monoisotopic (exact) mass is 138 g/mol. The maximum Gasteiger partial charge on any atom is 0.0567 e. The van der Waals surface area contributed by atoms with Crippen molar-refractivity contribution in [1.82, 2.24) is 5.32 Å². The fraction of sp³-hybridized carbons (Fsp3) is 0.500. The van der Waals surface area contributed by atoms with Gasteiger partial charge in [-0.2, -0.15) is 0 Å². The Labute approximate surface area is 61.8 Å². The van der Waals surface area contributed by atoms with E-state index in [-0.39, 0.29) is 0 Å². The van der Waals surface area contributed by atoms with Gasteiger partial charge in [-0.1, -0.05) is 19.1 Å². The van der Waals surface area contributed by atoms with Gasteiger partial charge in [0.1, 0.15) is 0 Å². The van der Waals surface area contributed by atoms with Gasteiger partial charge in [0.05, 0.1) is 6.04 Å². The van der Waals surface area contributed by atoms with Gasteiger partial charge in [-0.05, 0) is 12.5 Å². The number of hydrogen-bond acceptors (Lipinski definition) is 2. The summed E-state index contributed by atoms with van der Waals surface area (Å²) in [7, 11) is 0. The molecule has 0 amide bonds. The topological polar surface area (TPSA) is 38.0 Å². The summed E-state index contributed by atoms with van der Waals surface area (Å²) in [6, 6.07) is 0.347. The van der Waals surface area contributed by atoms with E-state index >= 15 is 0 Å². The summed E-state index contributed by atoms with van der Waals surface area (Å²) >= 11 is 0. The lowest BCUT2D eigenvalue weighted by Gasteiger charge is -2.18. The van der Waals surface area contributed by atoms with Crippen LogP contribution in [0.25, 0.3) is 0 Å². The largest absolute Gasteiger partial charge is 0.381 e. The maximum absolute atomic E-state index is 5.48. The molecule has 0 bridgehead atoms. The highest BCUT2D eigenvalue weighted by Gasteiger charge is 2.04. The van der Waals surface area contributed by atoms with Gasteiger partial charge in [0.15, 0.2) is 0 Å². The molecule has 2 heteroatoms. The molecule has 0 spiro atoms. The Kier molecular flexibility index (Phi) is 2.51. The molecule has 1 aliphatic heterocycles. The molecule has 10 heavy (non-hydrogen) atoms. The van der Waals surface area contributed by atoms with E-state index in [1.165, 1.54) is 5.70 Å². The molecule has 2 nitrogen and oxygen atoms in total. The predicted octanol–water partition coefficient (Wildman–Crippen LogP) is 0.767. The molecule has 0 fully saturated rings. The third-order valence-corrected chi connectivity index (χ3v) is 1.65. The van der Waals surface area contributed by atoms with Crippen LogP contribution in [0, 0.1) is 0 Å². The van der Waals surface area contributed by atoms with Crippen molar-refractivity contribution < 1.29 is 0 Å². The van der Waals surface area contributed by atoms with Crippen LogP contribution in [-0.2, 0) is 0 Å². The standard InChI is InChI=1S/C8H14N2/c1-2-7-4-3-5-8(6-9)10-7/h3-5,8,10H,2,6,9H2,1H3. The van der Waals surface area contributed by atoms with Crippen LogP contribution in [0.4, 0.5) is 0 Å². The van der Waals surface area contributed by atoms with E-state index in [2.05, 4.69) is 30.5 Å². The van der Waals surface area contributed by atoms with Crippen molar-refractivity contribution in [3.05, 3.63) is 23.9 Å². The molecule has 1 atom stereocenters. The summed E-state index contributed by atoms with van der Waals surface area (Å²) < 4.78 is 0. The van der Waals surface area contributed by atoms with Gasteiger partial charge in [-0.3, -0.25) is 0 Å². The van der Waals surface area contributed by atoms with Crippen LogP contribution in [0.1, 0.15) is 13.3 Å². The summed E-state index contributed by atoms with van der Waals surface area (Å²) in [5, 5.41) is 3.30. The van der Waals surface area contributed by atoms with E-state index in [9.17, 15) is 0 Å². The van der Waals surface area contributed by atoms with Crippen molar-refractivity contribution in [3.8, 4) is 0 Å². The van der Waals surface area contributed by atoms with Crippen LogP contribution in [0.3, 0.4) is 0 Å². The Morgan fingerprint density at radius 1 is 1.70 bits per heavy atom. The van der Waals surface area contributed by atoms with Crippen molar-refractivity contribution in [2.75, 3.05) is 6.54 Å². The Morgan fingerprint density at radius 2 is 2.50 bits per heavy atom. The minimum absolute atomic E-state index is 0.347. The van der Waals surface area contributed by atoms with Gasteiger partial charge in [0.25, 0.3) is 0 Å². The first kappa shape index (κ1) is 7.35. The summed E-state index contributed by atoms with van der Waals surface area (Å²) in [6.45, 7) is 2.80. The quantitative estimate of drug-likeness (QED) is 0.591. The lowest BCUT2D eigenvalue weighted by atomic mass is 10.1. The van der Waals surface area contributed by atoms with E-state index in [0.29, 0.717) is 12.6 Å². The summed E-state index contributed by atoms with van der Waals surface area (Å²) in [5.41, 5.74) is 6.76. The lowest BCUT2D eigenvalue weighted by molar-refractivity contribution is 0.651. The van der Waals surface area contributed by atoms with E-state index in [4.69, 9.17) is 5.73 Å². The molecule has 1 aliphatic rings. The minimum Gasteiger partial charge on any atom is -0.381 e. The normalized spacial score (nSPS) is 23.8. The first-order chi connectivity index (χ1) is 4.86. The van der Waals surface area contributed by atoms with E-state index in [1.54, 1.807) is 0 Å². The Balaban J connectivity index is 2.50. The second-order valence-electron chi connectivity index (χ2n) is 2.42. The maximum atomic E-state index is 5.48. The number of allylic oxidation sites excluding steroid dienone is 3. The molecule has 0 aromatic heterocycles. The SMILES string of the molecule is CCC1=CC=CC(CN)N1. The second kappa shape index (κ2) is 3.42. The van der Waals surface area contributed by atoms with Gasteiger partial charge < -0.3 is 11.1 Å². The van der Waals surface area contributed by atoms with Crippen LogP contribution in [-0.4, -0.2) is 12.6 Å². The second-order valence-corrected chi connectivity index (χ2v) is 2.42. The van der Waals surface area contributed by atoms with E-state index < -0.39 is 0 Å². The van der Waals surface area contributed by atoms with E-state index in [1.807, 2.05) is 0 Å². The van der Waals surface area contributed by atoms with Crippen molar-refractivity contribution in [3.63, 3.8) is 0 Å². The smallest absolute Gasteiger partial charge is 0.0567 e. The minimum atomic E-state index is 0.347. The van der Waals surface area contributed by atoms with Gasteiger partial charge in [0, 0.05) is 12.2 Å². The molecule has 3 N–H and O–H groups in total. The fourth-order valence-electron chi connectivity index (χ4n) is 0.998. The zero-order chi connectivity index (χ0) is 7.40. The predicted molar refractivity (Wildman–Crippen MR) is 43.5 cm³/mol. The summed E-state index contributed by atoms with van der Waals surface area (Å²) in [6.07, 6.45) is 7.29. The molecule has 0 saturated heterocycles. The molecule has 0 aliphatic carbocycles. The van der Waals surface area contributed by atoms with Gasteiger partial charge in [0.2, 0.25) is 0 Å². The molecule has 0 aromatic rings. The number of rotatable bonds is 2. The van der Waals surface area contributed by atoms with Crippen molar-refractivity contribution in [2.45, 2.75) is 19.4 Å². The summed E-state index contributed by atoms with van der Waals surface area (Å²) in [5.74, 6) is 0. The molecule has 0 saturated carbocycles. The third-order valence-electron chi connectivity index (χ3n) is 1.65. The Hall–Kier alpha value is -0.760. The fourth-order valence-corrected chi connectivity index (χ4v) is 0.998. The van der Waals surface area contributed by atoms with Crippen molar-refractivity contribution in [1.29, 1.82) is 0 Å². The lowest BCUT2D eigenvalue weighted by Crippen LogP contribution is -2.34. The third kappa shape index (κ3) is 1.61. The molecule has 1 rings (SSSR count). The van der Waals surface area contributed by atoms with Crippen LogP contribution in [0.5, 0.6) is 0 Å². The number of nitrogens with two attached hydrogens (primary N) is 1. The van der Waals surface area contributed by atoms with Crippen LogP contribution >= 0.6 is 0 Å². The zero-order valence-electron chi connectivity index (χ0n) is 6.30. The Bertz CT molecular complexity index is 159. The number of dihydropyridines is 1. The van der Waals surface area contributed by atoms with Gasteiger partial charge in [-0.15, -0.1) is 0 Å². The van der Waals surface area contributed by atoms with Crippen LogP contribution in [0.15, 0.2) is 23.9 Å². The van der Waals surface area contributed by atoms with Gasteiger partial charge >= 0.3 is 0 Å². The molecule has 1 heterocycles. The number of nitrogens with one attached hydrogen (secondary N) is 1. The molecule has 0 aromatic carbocycles. The molecule has 1 unspecified atom stereocenters. The molecule has 56 valence electrons. The Morgan fingerprint density at radius 3 is 3.10 bits per heavy atom. The molecular weight excluding hydrogens is 124 g/mol. The average molecular weight is 138 g/mol. The molecule has 0 radical (unpaired) electrons. The highest BCUT2D eigenvalue weighted by Crippen LogP contribution is 2.03. The average Bonchev–Trinajstić information content (AvgIpc) is 2.05. The molecular formula is C8H14N2. The highest BCUT2D eigenvalue weighted by atomic mass is 14.9. The van der Waals surface area contributed by atoms with Gasteiger partial charge in [-0.25, -0.2) is 0 Å².